The fraction of sp³-hybridized carbons (Fsp3) is 0.458. The van der Waals surface area contributed by atoms with E-state index in [9.17, 15) is 4.79 Å². The second kappa shape index (κ2) is 7.71. The van der Waals surface area contributed by atoms with Crippen LogP contribution in [0.3, 0.4) is 0 Å². The van der Waals surface area contributed by atoms with E-state index in [1.807, 2.05) is 30.3 Å². The van der Waals surface area contributed by atoms with Gasteiger partial charge in [-0.2, -0.15) is 0 Å². The minimum atomic E-state index is -0.147. The van der Waals surface area contributed by atoms with Crippen LogP contribution < -0.4 is 9.64 Å². The summed E-state index contributed by atoms with van der Waals surface area (Å²) >= 11 is 0. The van der Waals surface area contributed by atoms with Gasteiger partial charge in [-0.1, -0.05) is 30.3 Å². The molecule has 5 heteroatoms. The van der Waals surface area contributed by atoms with Crippen LogP contribution in [0.1, 0.15) is 31.2 Å². The van der Waals surface area contributed by atoms with Gasteiger partial charge in [0.1, 0.15) is 19.0 Å². The molecule has 0 bridgehead atoms. The molecule has 5 rings (SSSR count). The molecule has 5 nitrogen and oxygen atoms in total. The van der Waals surface area contributed by atoms with Gasteiger partial charge in [0, 0.05) is 24.8 Å². The number of anilines is 1. The lowest BCUT2D eigenvalue weighted by atomic mass is 9.89. The molecule has 1 amide bonds. The first-order valence-electron chi connectivity index (χ1n) is 10.7. The first-order valence-corrected chi connectivity index (χ1v) is 10.7. The number of benzene rings is 2. The molecule has 3 fully saturated rings. The average Bonchev–Trinajstić information content (AvgIpc) is 3.61. The van der Waals surface area contributed by atoms with Crippen molar-refractivity contribution in [2.45, 2.75) is 43.9 Å². The van der Waals surface area contributed by atoms with Crippen LogP contribution in [0.25, 0.3) is 0 Å². The molecular formula is C24H28N2O3. The third-order valence-corrected chi connectivity index (χ3v) is 6.39. The van der Waals surface area contributed by atoms with Gasteiger partial charge in [0.25, 0.3) is 0 Å². The van der Waals surface area contributed by atoms with Crippen molar-refractivity contribution in [3.8, 4) is 5.75 Å². The Hall–Kier alpha value is -2.53. The number of morpholine rings is 1. The summed E-state index contributed by atoms with van der Waals surface area (Å²) in [6.45, 7) is 3.52. The van der Waals surface area contributed by atoms with E-state index < -0.39 is 0 Å². The van der Waals surface area contributed by atoms with Crippen LogP contribution in [0.5, 0.6) is 5.75 Å². The zero-order valence-electron chi connectivity index (χ0n) is 16.8. The lowest BCUT2D eigenvalue weighted by molar-refractivity contribution is -0.168. The molecule has 2 aromatic rings. The Bertz CT molecular complexity index is 840. The van der Waals surface area contributed by atoms with E-state index in [1.165, 1.54) is 11.3 Å². The highest BCUT2D eigenvalue weighted by atomic mass is 16.5. The largest absolute Gasteiger partial charge is 0.489 e. The van der Waals surface area contributed by atoms with Gasteiger partial charge in [-0.3, -0.25) is 4.79 Å². The van der Waals surface area contributed by atoms with Crippen LogP contribution in [0.2, 0.25) is 0 Å². The number of ether oxygens (including phenoxy) is 2. The number of piperidine rings is 1. The number of nitrogens with zero attached hydrogens (tertiary/aromatic N) is 2. The summed E-state index contributed by atoms with van der Waals surface area (Å²) < 4.78 is 12.0. The van der Waals surface area contributed by atoms with Crippen LogP contribution in [-0.2, 0) is 16.1 Å². The topological polar surface area (TPSA) is 42.0 Å². The van der Waals surface area contributed by atoms with E-state index in [2.05, 4.69) is 34.1 Å². The van der Waals surface area contributed by atoms with Gasteiger partial charge >= 0.3 is 0 Å². The van der Waals surface area contributed by atoms with Gasteiger partial charge in [0.2, 0.25) is 5.91 Å². The maximum absolute atomic E-state index is 12.1. The quantitative estimate of drug-likeness (QED) is 0.779. The molecule has 1 saturated carbocycles. The fourth-order valence-electron chi connectivity index (χ4n) is 4.43. The molecule has 2 saturated heterocycles. The van der Waals surface area contributed by atoms with Gasteiger partial charge in [0.15, 0.2) is 0 Å². The predicted octanol–water partition coefficient (Wildman–Crippen LogP) is 3.63. The lowest BCUT2D eigenvalue weighted by Crippen LogP contribution is -2.59. The molecule has 0 aromatic heterocycles. The summed E-state index contributed by atoms with van der Waals surface area (Å²) in [5.41, 5.74) is 2.24. The van der Waals surface area contributed by atoms with Crippen molar-refractivity contribution in [2.24, 2.45) is 0 Å². The maximum Gasteiger partial charge on any atom is 0.248 e. The first-order chi connectivity index (χ1) is 14.2. The van der Waals surface area contributed by atoms with Crippen LogP contribution in [0, 0.1) is 0 Å². The van der Waals surface area contributed by atoms with E-state index in [1.54, 1.807) is 0 Å². The van der Waals surface area contributed by atoms with Crippen LogP contribution in [-0.4, -0.2) is 48.7 Å². The number of rotatable bonds is 5. The van der Waals surface area contributed by atoms with E-state index in [-0.39, 0.29) is 18.1 Å². The molecule has 0 radical (unpaired) electrons. The molecule has 29 heavy (non-hydrogen) atoms. The number of amides is 1. The van der Waals surface area contributed by atoms with E-state index in [0.717, 1.165) is 51.1 Å². The van der Waals surface area contributed by atoms with Gasteiger partial charge in [-0.15, -0.1) is 0 Å². The Balaban J connectivity index is 1.16. The maximum atomic E-state index is 12.1. The minimum Gasteiger partial charge on any atom is -0.489 e. The van der Waals surface area contributed by atoms with Crippen molar-refractivity contribution >= 4 is 11.6 Å². The zero-order valence-corrected chi connectivity index (χ0v) is 16.8. The van der Waals surface area contributed by atoms with Crippen LogP contribution in [0.15, 0.2) is 54.6 Å². The summed E-state index contributed by atoms with van der Waals surface area (Å²) in [6, 6.07) is 19.1. The molecule has 2 heterocycles. The molecule has 3 aliphatic rings. The van der Waals surface area contributed by atoms with E-state index in [4.69, 9.17) is 9.47 Å². The highest BCUT2D eigenvalue weighted by Crippen LogP contribution is 2.37. The Morgan fingerprint density at radius 2 is 1.72 bits per heavy atom. The molecule has 1 aliphatic carbocycles. The Morgan fingerprint density at radius 1 is 1.00 bits per heavy atom. The van der Waals surface area contributed by atoms with Crippen LogP contribution >= 0.6 is 0 Å². The molecular weight excluding hydrogens is 364 g/mol. The van der Waals surface area contributed by atoms with Crippen molar-refractivity contribution in [3.05, 3.63) is 60.2 Å². The highest BCUT2D eigenvalue weighted by molar-refractivity contribution is 5.79. The van der Waals surface area contributed by atoms with Gasteiger partial charge in [0.05, 0.1) is 12.1 Å². The number of carbonyl (C=O) groups excluding carboxylic acids is 1. The smallest absolute Gasteiger partial charge is 0.248 e. The summed E-state index contributed by atoms with van der Waals surface area (Å²) in [6.07, 6.45) is 4.25. The van der Waals surface area contributed by atoms with Crippen molar-refractivity contribution in [2.75, 3.05) is 31.1 Å². The van der Waals surface area contributed by atoms with Crippen molar-refractivity contribution in [3.63, 3.8) is 0 Å². The minimum absolute atomic E-state index is 0.147. The summed E-state index contributed by atoms with van der Waals surface area (Å²) in [5, 5.41) is 0. The van der Waals surface area contributed by atoms with E-state index in [0.29, 0.717) is 12.6 Å². The molecule has 2 aromatic carbocycles. The number of hydrogen-bond acceptors (Lipinski definition) is 4. The molecule has 0 atom stereocenters. The van der Waals surface area contributed by atoms with Gasteiger partial charge in [-0.25, -0.2) is 0 Å². The third-order valence-electron chi connectivity index (χ3n) is 6.39. The normalized spacial score (nSPS) is 21.4. The van der Waals surface area contributed by atoms with Crippen LogP contribution in [0.4, 0.5) is 5.69 Å². The molecule has 152 valence electrons. The molecule has 1 spiro atoms. The lowest BCUT2D eigenvalue weighted by Gasteiger charge is -2.47. The summed E-state index contributed by atoms with van der Waals surface area (Å²) in [4.78, 5) is 16.6. The zero-order chi connectivity index (χ0) is 19.7. The second-order valence-electron chi connectivity index (χ2n) is 8.48. The SMILES string of the molecule is O=C1COC2(CCN(c3ccc(OCc4ccccc4)cc3)CC2)CN1C1CC1. The standard InChI is InChI=1S/C24H28N2O3/c27-23-17-29-24(18-26(23)21-6-7-21)12-14-25(15-13-24)20-8-10-22(11-9-20)28-16-19-4-2-1-3-5-19/h1-5,8-11,21H,6-7,12-18H2. The van der Waals surface area contributed by atoms with Crippen molar-refractivity contribution in [1.29, 1.82) is 0 Å². The first kappa shape index (κ1) is 18.5. The Kier molecular flexibility index (Phi) is 4.92. The van der Waals surface area contributed by atoms with Crippen molar-refractivity contribution < 1.29 is 14.3 Å². The third kappa shape index (κ3) is 4.10. The summed E-state index contributed by atoms with van der Waals surface area (Å²) in [7, 11) is 0. The highest BCUT2D eigenvalue weighted by Gasteiger charge is 2.46. The van der Waals surface area contributed by atoms with Crippen molar-refractivity contribution in [1.82, 2.24) is 4.90 Å². The summed E-state index contributed by atoms with van der Waals surface area (Å²) in [5.74, 6) is 1.06. The monoisotopic (exact) mass is 392 g/mol. The number of hydrogen-bond donors (Lipinski definition) is 0. The predicted molar refractivity (Wildman–Crippen MR) is 112 cm³/mol. The fourth-order valence-corrected chi connectivity index (χ4v) is 4.43. The van der Waals surface area contributed by atoms with Gasteiger partial charge in [-0.05, 0) is 55.5 Å². The molecule has 0 unspecified atom stereocenters. The van der Waals surface area contributed by atoms with E-state index >= 15 is 0 Å². The average molecular weight is 392 g/mol. The molecule has 0 N–H and O–H groups in total. The Morgan fingerprint density at radius 3 is 2.41 bits per heavy atom. The Labute approximate surface area is 172 Å². The van der Waals surface area contributed by atoms with Gasteiger partial charge < -0.3 is 19.3 Å². The second-order valence-corrected chi connectivity index (χ2v) is 8.48. The number of carbonyl (C=O) groups is 1. The molecule has 2 aliphatic heterocycles.